The number of hydrogen-bond acceptors (Lipinski definition) is 8. The number of rotatable bonds is 9. The summed E-state index contributed by atoms with van der Waals surface area (Å²) in [5.74, 6) is 1.33. The maximum absolute atomic E-state index is 12.6. The molecule has 0 unspecified atom stereocenters. The van der Waals surface area contributed by atoms with Gasteiger partial charge in [-0.3, -0.25) is 4.18 Å². The maximum Gasteiger partial charge on any atom is 0.296 e. The third-order valence-electron chi connectivity index (χ3n) is 7.87. The molecule has 1 aliphatic carbocycles. The lowest BCUT2D eigenvalue weighted by atomic mass is 9.81. The average Bonchev–Trinajstić information content (AvgIpc) is 3.33. The number of hydrogen-bond donors (Lipinski definition) is 1. The van der Waals surface area contributed by atoms with Crippen LogP contribution in [0.4, 0.5) is 5.82 Å². The number of anilines is 1. The van der Waals surface area contributed by atoms with E-state index in [1.807, 2.05) is 31.2 Å². The smallest absolute Gasteiger partial charge is 0.296 e. The summed E-state index contributed by atoms with van der Waals surface area (Å²) in [6.45, 7) is 3.39. The first-order chi connectivity index (χ1) is 19.4. The number of nitrogens with two attached hydrogens (primary N) is 1. The molecule has 2 aromatic carbocycles. The van der Waals surface area contributed by atoms with E-state index in [4.69, 9.17) is 19.4 Å². The first kappa shape index (κ1) is 26.7. The molecule has 2 fully saturated rings. The second-order valence-electron chi connectivity index (χ2n) is 10.8. The Balaban J connectivity index is 1.16. The lowest BCUT2D eigenvalue weighted by molar-refractivity contribution is -0.0110. The molecule has 9 nitrogen and oxygen atoms in total. The molecule has 1 saturated carbocycles. The summed E-state index contributed by atoms with van der Waals surface area (Å²) in [7, 11) is -3.78. The Bertz CT molecular complexity index is 1590. The van der Waals surface area contributed by atoms with Crippen LogP contribution < -0.4 is 10.5 Å². The SMILES string of the molecule is Cc1ccc(S(=O)(=O)OCC2CC(n3cc(-c4cccc(OC[C@H]5CCCCO5)c4)c4c(N)ncnc43)C2)cc1. The number of aromatic nitrogens is 3. The van der Waals surface area contributed by atoms with Gasteiger partial charge in [-0.15, -0.1) is 0 Å². The second kappa shape index (κ2) is 11.2. The Morgan fingerprint density at radius 3 is 2.67 bits per heavy atom. The lowest BCUT2D eigenvalue weighted by Gasteiger charge is -2.36. The van der Waals surface area contributed by atoms with E-state index in [1.165, 1.54) is 12.7 Å². The summed E-state index contributed by atoms with van der Waals surface area (Å²) < 4.78 is 44.6. The van der Waals surface area contributed by atoms with E-state index in [0.29, 0.717) is 12.4 Å². The third-order valence-corrected chi connectivity index (χ3v) is 9.16. The monoisotopic (exact) mass is 562 g/mol. The van der Waals surface area contributed by atoms with Gasteiger partial charge in [0.1, 0.15) is 30.1 Å². The van der Waals surface area contributed by atoms with Crippen LogP contribution in [0.2, 0.25) is 0 Å². The number of nitrogen functional groups attached to an aromatic ring is 1. The molecule has 3 heterocycles. The van der Waals surface area contributed by atoms with E-state index in [0.717, 1.165) is 65.8 Å². The van der Waals surface area contributed by atoms with E-state index < -0.39 is 10.1 Å². The molecule has 1 atom stereocenters. The molecule has 2 N–H and O–H groups in total. The fraction of sp³-hybridized carbons (Fsp3) is 0.400. The van der Waals surface area contributed by atoms with Gasteiger partial charge in [0.25, 0.3) is 10.1 Å². The van der Waals surface area contributed by atoms with E-state index in [9.17, 15) is 8.42 Å². The fourth-order valence-electron chi connectivity index (χ4n) is 5.51. The van der Waals surface area contributed by atoms with Crippen LogP contribution in [-0.4, -0.2) is 48.9 Å². The molecule has 40 heavy (non-hydrogen) atoms. The number of benzene rings is 2. The van der Waals surface area contributed by atoms with Crippen LogP contribution in [0.1, 0.15) is 43.7 Å². The highest BCUT2D eigenvalue weighted by Gasteiger charge is 2.34. The van der Waals surface area contributed by atoms with Gasteiger partial charge in [0, 0.05) is 24.4 Å². The van der Waals surface area contributed by atoms with Crippen LogP contribution in [0.25, 0.3) is 22.2 Å². The van der Waals surface area contributed by atoms with Crippen molar-refractivity contribution in [2.45, 2.75) is 56.1 Å². The standard InChI is InChI=1S/C30H34N4O5S/c1-20-8-10-26(11-9-20)40(35,36)39-17-21-13-23(14-21)34-16-27(28-29(31)32-19-33-30(28)34)22-5-4-7-24(15-22)38-18-25-6-2-3-12-37-25/h4-5,7-11,15-16,19,21,23,25H,2-3,6,12-14,17-18H2,1H3,(H2,31,32,33)/t21?,23?,25-/m1/s1. The van der Waals surface area contributed by atoms with Crippen LogP contribution >= 0.6 is 0 Å². The van der Waals surface area contributed by atoms with E-state index in [2.05, 4.69) is 20.7 Å². The van der Waals surface area contributed by atoms with Gasteiger partial charge >= 0.3 is 0 Å². The minimum absolute atomic E-state index is 0.129. The predicted molar refractivity (Wildman–Crippen MR) is 153 cm³/mol. The van der Waals surface area contributed by atoms with Crippen molar-refractivity contribution in [3.05, 3.63) is 66.6 Å². The zero-order valence-corrected chi connectivity index (χ0v) is 23.3. The number of aryl methyl sites for hydroxylation is 1. The van der Waals surface area contributed by atoms with Gasteiger partial charge in [-0.1, -0.05) is 29.8 Å². The largest absolute Gasteiger partial charge is 0.491 e. The Labute approximate surface area is 234 Å². The molecule has 0 amide bonds. The van der Waals surface area contributed by atoms with Crippen molar-refractivity contribution < 1.29 is 22.1 Å². The van der Waals surface area contributed by atoms with Gasteiger partial charge in [0.15, 0.2) is 0 Å². The molecule has 10 heteroatoms. The summed E-state index contributed by atoms with van der Waals surface area (Å²) in [6, 6.07) is 14.8. The first-order valence-electron chi connectivity index (χ1n) is 13.8. The minimum Gasteiger partial charge on any atom is -0.491 e. The highest BCUT2D eigenvalue weighted by Crippen LogP contribution is 2.43. The van der Waals surface area contributed by atoms with Gasteiger partial charge < -0.3 is 19.8 Å². The van der Waals surface area contributed by atoms with E-state index >= 15 is 0 Å². The highest BCUT2D eigenvalue weighted by molar-refractivity contribution is 7.86. The molecule has 0 bridgehead atoms. The van der Waals surface area contributed by atoms with Gasteiger partial charge in [-0.25, -0.2) is 9.97 Å². The topological polar surface area (TPSA) is 119 Å². The Kier molecular flexibility index (Phi) is 7.48. The lowest BCUT2D eigenvalue weighted by Crippen LogP contribution is -2.30. The summed E-state index contributed by atoms with van der Waals surface area (Å²) in [4.78, 5) is 9.00. The van der Waals surface area contributed by atoms with E-state index in [-0.39, 0.29) is 29.6 Å². The van der Waals surface area contributed by atoms with Gasteiger partial charge in [-0.05, 0) is 74.8 Å². The fourth-order valence-corrected chi connectivity index (χ4v) is 6.49. The van der Waals surface area contributed by atoms with Gasteiger partial charge in [0.2, 0.25) is 0 Å². The summed E-state index contributed by atoms with van der Waals surface area (Å²) in [6.07, 6.45) is 8.54. The Morgan fingerprint density at radius 1 is 1.07 bits per heavy atom. The molecule has 6 rings (SSSR count). The molecule has 1 aliphatic heterocycles. The molecular weight excluding hydrogens is 528 g/mol. The zero-order valence-electron chi connectivity index (χ0n) is 22.5. The number of fused-ring (bicyclic) bond motifs is 1. The molecule has 0 spiro atoms. The van der Waals surface area contributed by atoms with Crippen molar-refractivity contribution in [2.24, 2.45) is 5.92 Å². The molecule has 1 saturated heterocycles. The minimum atomic E-state index is -3.78. The van der Waals surface area contributed by atoms with Crippen LogP contribution in [0.5, 0.6) is 5.75 Å². The Morgan fingerprint density at radius 2 is 1.90 bits per heavy atom. The van der Waals surface area contributed by atoms with Crippen LogP contribution in [0, 0.1) is 12.8 Å². The van der Waals surface area contributed by atoms with Crippen LogP contribution in [0.3, 0.4) is 0 Å². The van der Waals surface area contributed by atoms with E-state index in [1.54, 1.807) is 24.3 Å². The molecular formula is C30H34N4O5S. The highest BCUT2D eigenvalue weighted by atomic mass is 32.2. The maximum atomic E-state index is 12.6. The van der Waals surface area contributed by atoms with Gasteiger partial charge in [-0.2, -0.15) is 8.42 Å². The van der Waals surface area contributed by atoms with Crippen molar-refractivity contribution >= 4 is 27.0 Å². The summed E-state index contributed by atoms with van der Waals surface area (Å²) in [5.41, 5.74) is 10.0. The van der Waals surface area contributed by atoms with Crippen molar-refractivity contribution in [1.82, 2.24) is 14.5 Å². The van der Waals surface area contributed by atoms with Crippen molar-refractivity contribution in [1.29, 1.82) is 0 Å². The molecule has 2 aliphatic rings. The molecule has 210 valence electrons. The van der Waals surface area contributed by atoms with Crippen LogP contribution in [-0.2, 0) is 19.0 Å². The molecule has 2 aromatic heterocycles. The average molecular weight is 563 g/mol. The predicted octanol–water partition coefficient (Wildman–Crippen LogP) is 5.29. The van der Waals surface area contributed by atoms with Gasteiger partial charge in [0.05, 0.1) is 23.0 Å². The normalized spacial score (nSPS) is 21.3. The van der Waals surface area contributed by atoms with Crippen molar-refractivity contribution in [2.75, 3.05) is 25.6 Å². The number of ether oxygens (including phenoxy) is 2. The third kappa shape index (κ3) is 5.56. The summed E-state index contributed by atoms with van der Waals surface area (Å²) >= 11 is 0. The van der Waals surface area contributed by atoms with Crippen molar-refractivity contribution in [3.63, 3.8) is 0 Å². The zero-order chi connectivity index (χ0) is 27.7. The summed E-state index contributed by atoms with van der Waals surface area (Å²) in [5, 5.41) is 0.803. The molecule has 4 aromatic rings. The first-order valence-corrected chi connectivity index (χ1v) is 15.2. The van der Waals surface area contributed by atoms with Crippen LogP contribution in [0.15, 0.2) is 66.0 Å². The second-order valence-corrected chi connectivity index (χ2v) is 12.4. The molecule has 0 radical (unpaired) electrons. The number of nitrogens with zero attached hydrogens (tertiary/aromatic N) is 3. The van der Waals surface area contributed by atoms with Crippen molar-refractivity contribution in [3.8, 4) is 16.9 Å². The Hall–Kier alpha value is -3.47. The quantitative estimate of drug-likeness (QED) is 0.273.